The fraction of sp³-hybridized carbons (Fsp3) is 0.321. The Morgan fingerprint density at radius 2 is 1.68 bits per heavy atom. The lowest BCUT2D eigenvalue weighted by atomic mass is 10.2. The van der Waals surface area contributed by atoms with Gasteiger partial charge in [0.05, 0.1) is 21.8 Å². The summed E-state index contributed by atoms with van der Waals surface area (Å²) in [6.45, 7) is 9.45. The Labute approximate surface area is 237 Å². The van der Waals surface area contributed by atoms with Gasteiger partial charge in [-0.3, -0.25) is 0 Å². The van der Waals surface area contributed by atoms with E-state index in [1.807, 2.05) is 32.6 Å². The summed E-state index contributed by atoms with van der Waals surface area (Å²) in [5, 5.41) is -0.0359. The first kappa shape index (κ1) is 27.9. The number of fused-ring (bicyclic) bond motifs is 1. The summed E-state index contributed by atoms with van der Waals surface area (Å²) in [5.74, 6) is -0.0663. The molecule has 1 fully saturated rings. The number of piperazine rings is 1. The van der Waals surface area contributed by atoms with Crippen molar-refractivity contribution in [3.8, 4) is 11.3 Å². The Balaban J connectivity index is 1.47. The van der Waals surface area contributed by atoms with Gasteiger partial charge < -0.3 is 14.5 Å². The van der Waals surface area contributed by atoms with Crippen molar-refractivity contribution in [3.63, 3.8) is 0 Å². The van der Waals surface area contributed by atoms with E-state index < -0.39 is 21.4 Å². The van der Waals surface area contributed by atoms with Crippen LogP contribution < -0.4 is 4.90 Å². The maximum absolute atomic E-state index is 14.3. The third-order valence-corrected chi connectivity index (χ3v) is 8.64. The van der Waals surface area contributed by atoms with E-state index in [0.717, 1.165) is 15.7 Å². The van der Waals surface area contributed by atoms with Crippen LogP contribution in [-0.2, 0) is 14.8 Å². The number of amides is 1. The van der Waals surface area contributed by atoms with Crippen molar-refractivity contribution in [2.45, 2.75) is 38.2 Å². The number of pyridine rings is 2. The SMILES string of the molecule is Cc1ccc(S(=O)(=O)n2c(-c3ccc(N4CCN(C(=O)OC(C)(C)C)CC4)nc3)cc3c(Cl)c(F)cnc32)cc1. The minimum atomic E-state index is -4.12. The second kappa shape index (κ2) is 10.4. The molecule has 1 aliphatic heterocycles. The molecule has 0 atom stereocenters. The molecule has 1 saturated heterocycles. The molecule has 5 rings (SSSR count). The Hall–Kier alpha value is -3.70. The molecule has 0 saturated carbocycles. The van der Waals surface area contributed by atoms with Crippen molar-refractivity contribution in [3.05, 3.63) is 71.3 Å². The number of ether oxygens (including phenoxy) is 1. The van der Waals surface area contributed by atoms with E-state index in [2.05, 4.69) is 9.97 Å². The van der Waals surface area contributed by atoms with Gasteiger partial charge in [0.15, 0.2) is 11.5 Å². The van der Waals surface area contributed by atoms with Crippen LogP contribution in [0.1, 0.15) is 26.3 Å². The zero-order chi connectivity index (χ0) is 28.8. The van der Waals surface area contributed by atoms with Gasteiger partial charge in [-0.2, -0.15) is 0 Å². The highest BCUT2D eigenvalue weighted by Crippen LogP contribution is 2.35. The minimum absolute atomic E-state index is 0.0179. The van der Waals surface area contributed by atoms with Crippen LogP contribution in [0.5, 0.6) is 0 Å². The fourth-order valence-corrected chi connectivity index (χ4v) is 6.17. The molecular formula is C28H29ClFN5O4S. The van der Waals surface area contributed by atoms with Gasteiger partial charge in [-0.05, 0) is 58.0 Å². The van der Waals surface area contributed by atoms with Crippen LogP contribution in [-0.4, -0.2) is 65.1 Å². The van der Waals surface area contributed by atoms with E-state index in [1.165, 1.54) is 18.2 Å². The highest BCUT2D eigenvalue weighted by molar-refractivity contribution is 7.90. The lowest BCUT2D eigenvalue weighted by molar-refractivity contribution is 0.0240. The van der Waals surface area contributed by atoms with E-state index >= 15 is 0 Å². The molecule has 3 aromatic heterocycles. The van der Waals surface area contributed by atoms with Crippen LogP contribution in [0.15, 0.2) is 59.8 Å². The van der Waals surface area contributed by atoms with Crippen molar-refractivity contribution in [1.82, 2.24) is 18.8 Å². The number of hydrogen-bond donors (Lipinski definition) is 0. The number of hydrogen-bond acceptors (Lipinski definition) is 7. The standard InChI is InChI=1S/C28H29ClFN5O4S/c1-18-5-8-20(9-6-18)40(37,38)35-23(15-21-25(29)22(30)17-32-26(21)35)19-7-10-24(31-16-19)33-11-13-34(14-12-33)27(36)39-28(2,3)4/h5-10,15-17H,11-14H2,1-4H3. The molecule has 40 heavy (non-hydrogen) atoms. The minimum Gasteiger partial charge on any atom is -0.444 e. The molecule has 4 aromatic rings. The molecule has 9 nitrogen and oxygen atoms in total. The monoisotopic (exact) mass is 585 g/mol. The van der Waals surface area contributed by atoms with E-state index in [9.17, 15) is 17.6 Å². The summed E-state index contributed by atoms with van der Waals surface area (Å²) < 4.78 is 48.4. The van der Waals surface area contributed by atoms with Crippen LogP contribution >= 0.6 is 11.6 Å². The Morgan fingerprint density at radius 3 is 2.27 bits per heavy atom. The Morgan fingerprint density at radius 1 is 1.00 bits per heavy atom. The number of nitrogens with zero attached hydrogens (tertiary/aromatic N) is 5. The smallest absolute Gasteiger partial charge is 0.410 e. The zero-order valence-electron chi connectivity index (χ0n) is 22.6. The average molecular weight is 586 g/mol. The third-order valence-electron chi connectivity index (χ3n) is 6.54. The van der Waals surface area contributed by atoms with Crippen LogP contribution in [0.4, 0.5) is 15.0 Å². The molecule has 1 aliphatic rings. The van der Waals surface area contributed by atoms with Crippen LogP contribution in [0.3, 0.4) is 0 Å². The lowest BCUT2D eigenvalue weighted by Crippen LogP contribution is -2.50. The van der Waals surface area contributed by atoms with Crippen LogP contribution in [0.25, 0.3) is 22.3 Å². The molecule has 4 heterocycles. The van der Waals surface area contributed by atoms with Crippen molar-refractivity contribution in [1.29, 1.82) is 0 Å². The van der Waals surface area contributed by atoms with Gasteiger partial charge in [-0.25, -0.2) is 31.5 Å². The number of carbonyl (C=O) groups is 1. The number of halogens is 2. The summed E-state index contributed by atoms with van der Waals surface area (Å²) in [6.07, 6.45) is 2.13. The zero-order valence-corrected chi connectivity index (χ0v) is 24.1. The first-order valence-electron chi connectivity index (χ1n) is 12.7. The molecule has 0 spiro atoms. The number of aryl methyl sites for hydroxylation is 1. The van der Waals surface area contributed by atoms with E-state index in [4.69, 9.17) is 16.3 Å². The van der Waals surface area contributed by atoms with E-state index in [-0.39, 0.29) is 32.7 Å². The van der Waals surface area contributed by atoms with Crippen molar-refractivity contribution in [2.24, 2.45) is 0 Å². The number of rotatable bonds is 4. The normalized spacial score (nSPS) is 14.6. The van der Waals surface area contributed by atoms with Crippen molar-refractivity contribution in [2.75, 3.05) is 31.1 Å². The molecule has 210 valence electrons. The lowest BCUT2D eigenvalue weighted by Gasteiger charge is -2.36. The number of anilines is 1. The van der Waals surface area contributed by atoms with Gasteiger partial charge in [-0.1, -0.05) is 29.3 Å². The topological polar surface area (TPSA) is 97.6 Å². The predicted octanol–water partition coefficient (Wildman–Crippen LogP) is 5.49. The molecule has 0 N–H and O–H groups in total. The summed E-state index contributed by atoms with van der Waals surface area (Å²) in [5.41, 5.74) is 1.11. The molecule has 1 amide bonds. The first-order chi connectivity index (χ1) is 18.8. The van der Waals surface area contributed by atoms with Gasteiger partial charge in [0.2, 0.25) is 0 Å². The molecule has 0 radical (unpaired) electrons. The molecule has 12 heteroatoms. The summed E-state index contributed by atoms with van der Waals surface area (Å²) in [6, 6.07) is 11.5. The number of benzene rings is 1. The third kappa shape index (κ3) is 5.35. The second-order valence-electron chi connectivity index (χ2n) is 10.6. The maximum Gasteiger partial charge on any atom is 0.410 e. The van der Waals surface area contributed by atoms with Gasteiger partial charge in [0.25, 0.3) is 10.0 Å². The highest BCUT2D eigenvalue weighted by Gasteiger charge is 2.28. The number of carbonyl (C=O) groups excluding carboxylic acids is 1. The maximum atomic E-state index is 14.3. The molecule has 0 bridgehead atoms. The first-order valence-corrected chi connectivity index (χ1v) is 14.5. The van der Waals surface area contributed by atoms with E-state index in [1.54, 1.807) is 35.4 Å². The summed E-state index contributed by atoms with van der Waals surface area (Å²) in [7, 11) is -4.12. The van der Waals surface area contributed by atoms with Gasteiger partial charge in [0, 0.05) is 43.3 Å². The van der Waals surface area contributed by atoms with Gasteiger partial charge >= 0.3 is 6.09 Å². The summed E-state index contributed by atoms with van der Waals surface area (Å²) >= 11 is 6.23. The summed E-state index contributed by atoms with van der Waals surface area (Å²) in [4.78, 5) is 24.8. The number of aromatic nitrogens is 3. The quantitative estimate of drug-likeness (QED) is 0.312. The van der Waals surface area contributed by atoms with Gasteiger partial charge in [-0.15, -0.1) is 0 Å². The molecule has 1 aromatic carbocycles. The predicted molar refractivity (Wildman–Crippen MR) is 152 cm³/mol. The largest absolute Gasteiger partial charge is 0.444 e. The fourth-order valence-electron chi connectivity index (χ4n) is 4.50. The molecule has 0 unspecified atom stereocenters. The van der Waals surface area contributed by atoms with Crippen LogP contribution in [0, 0.1) is 12.7 Å². The highest BCUT2D eigenvalue weighted by atomic mass is 35.5. The van der Waals surface area contributed by atoms with Crippen molar-refractivity contribution < 1.29 is 22.3 Å². The average Bonchev–Trinajstić information content (AvgIpc) is 3.32. The van der Waals surface area contributed by atoms with E-state index in [0.29, 0.717) is 37.6 Å². The van der Waals surface area contributed by atoms with Crippen molar-refractivity contribution >= 4 is 44.6 Å². The van der Waals surface area contributed by atoms with Crippen LogP contribution in [0.2, 0.25) is 5.02 Å². The molecule has 0 aliphatic carbocycles. The Kier molecular flexibility index (Phi) is 7.22. The second-order valence-corrected chi connectivity index (χ2v) is 12.8. The Bertz CT molecular complexity index is 1680. The van der Waals surface area contributed by atoms with Gasteiger partial charge in [0.1, 0.15) is 11.4 Å². The molecular weight excluding hydrogens is 557 g/mol.